The normalized spacial score (nSPS) is 41.1. The molecule has 4 fully saturated rings. The van der Waals surface area contributed by atoms with Gasteiger partial charge >= 0.3 is 0 Å². The van der Waals surface area contributed by atoms with Crippen molar-refractivity contribution in [3.8, 4) is 0 Å². The van der Waals surface area contributed by atoms with Crippen LogP contribution in [0.4, 0.5) is 0 Å². The predicted octanol–water partition coefficient (Wildman–Crippen LogP) is 2.20. The lowest BCUT2D eigenvalue weighted by atomic mass is 9.43. The van der Waals surface area contributed by atoms with Crippen molar-refractivity contribution in [2.75, 3.05) is 39.5 Å². The van der Waals surface area contributed by atoms with Crippen LogP contribution in [-0.2, 0) is 14.9 Å². The van der Waals surface area contributed by atoms with Gasteiger partial charge in [-0.1, -0.05) is 20.8 Å². The monoisotopic (exact) mass is 631 g/mol. The van der Waals surface area contributed by atoms with Crippen molar-refractivity contribution in [2.24, 2.45) is 46.3 Å². The van der Waals surface area contributed by atoms with Crippen molar-refractivity contribution in [1.29, 1.82) is 0 Å². The van der Waals surface area contributed by atoms with E-state index in [1.54, 1.807) is 0 Å². The quantitative estimate of drug-likeness (QED) is 0.108. The summed E-state index contributed by atoms with van der Waals surface area (Å²) in [6.07, 6.45) is 5.56. The summed E-state index contributed by atoms with van der Waals surface area (Å²) in [4.78, 5) is 12.7. The highest BCUT2D eigenvalue weighted by Crippen LogP contribution is 2.68. The van der Waals surface area contributed by atoms with E-state index in [2.05, 4.69) is 26.1 Å². The van der Waals surface area contributed by atoms with Gasteiger partial charge in [0.2, 0.25) is 5.91 Å². The second kappa shape index (κ2) is 13.1. The van der Waals surface area contributed by atoms with Gasteiger partial charge < -0.3 is 30.2 Å². The van der Waals surface area contributed by atoms with Crippen molar-refractivity contribution in [3.05, 3.63) is 0 Å². The number of quaternary nitrogens is 1. The zero-order chi connectivity index (χ0) is 32.0. The molecule has 0 aromatic carbocycles. The molecule has 250 valence electrons. The molecule has 1 amide bonds. The maximum atomic E-state index is 12.7. The first-order valence-electron chi connectivity index (χ1n) is 16.6. The third kappa shape index (κ3) is 7.60. The van der Waals surface area contributed by atoms with E-state index in [0.717, 1.165) is 44.9 Å². The van der Waals surface area contributed by atoms with Crippen LogP contribution in [0.1, 0.15) is 85.0 Å². The van der Waals surface area contributed by atoms with Crippen LogP contribution in [0.25, 0.3) is 0 Å². The maximum Gasteiger partial charge on any atom is 0.267 e. The minimum absolute atomic E-state index is 0.00585. The Balaban J connectivity index is 1.27. The Kier molecular flexibility index (Phi) is 10.7. The number of aliphatic hydroxyl groups excluding tert-OH is 4. The lowest BCUT2D eigenvalue weighted by molar-refractivity contribution is -0.893. The van der Waals surface area contributed by atoms with Gasteiger partial charge in [-0.25, -0.2) is 0 Å². The van der Waals surface area contributed by atoms with Crippen molar-refractivity contribution in [3.63, 3.8) is 0 Å². The fraction of sp³-hybridized carbons (Fsp3) is 0.969. The Morgan fingerprint density at radius 3 is 2.42 bits per heavy atom. The fourth-order valence-electron chi connectivity index (χ4n) is 10.5. The second-order valence-electron chi connectivity index (χ2n) is 16.0. The van der Waals surface area contributed by atoms with Crippen LogP contribution in [0, 0.1) is 46.3 Å². The highest BCUT2D eigenvalue weighted by atomic mass is 32.2. The first-order chi connectivity index (χ1) is 19.9. The van der Waals surface area contributed by atoms with Gasteiger partial charge in [-0.2, -0.15) is 8.42 Å². The molecular weight excluding hydrogens is 572 g/mol. The predicted molar refractivity (Wildman–Crippen MR) is 164 cm³/mol. The highest BCUT2D eigenvalue weighted by molar-refractivity contribution is 7.85. The van der Waals surface area contributed by atoms with Crippen molar-refractivity contribution in [1.82, 2.24) is 5.32 Å². The maximum absolute atomic E-state index is 12.7. The molecule has 0 saturated heterocycles. The average molecular weight is 632 g/mol. The number of likely N-dealkylation sites (N-methyl/N-ethyl adjacent to an activating group) is 1. The number of fused-ring (bicyclic) bond motifs is 5. The number of carbonyl (C=O) groups excluding carboxylic acids is 1. The molecule has 4 aliphatic carbocycles. The lowest BCUT2D eigenvalue weighted by Crippen LogP contribution is -2.62. The van der Waals surface area contributed by atoms with E-state index < -0.39 is 28.1 Å². The minimum atomic E-state index is -4.23. The molecule has 0 unspecified atom stereocenters. The smallest absolute Gasteiger partial charge is 0.267 e. The molecule has 0 aromatic heterocycles. The number of rotatable bonds is 12. The summed E-state index contributed by atoms with van der Waals surface area (Å²) < 4.78 is 31.3. The van der Waals surface area contributed by atoms with Gasteiger partial charge in [-0.3, -0.25) is 9.35 Å². The van der Waals surface area contributed by atoms with E-state index in [1.807, 2.05) is 14.1 Å². The molecule has 11 heteroatoms. The molecule has 6 N–H and O–H groups in total. The van der Waals surface area contributed by atoms with Crippen LogP contribution < -0.4 is 5.32 Å². The standard InChI is InChI=1S/C32H58N2O8S/c1-20(7-10-29(39)33-13-6-14-34(4,5)18-23(36)19-43(40,41)42)24-8-9-25-30-26(17-28(38)32(24,25)3)31(2)12-11-22(35)15-21(31)16-27(30)37/h20-28,30,35-38H,6-19H2,1-5H3,(H-,33,39,40,41,42)/p+1/t20-,21+,22-,23-,24-,25+,26+,27-,28+,30+,31+,32-/m1/s1. The Hall–Kier alpha value is -0.820. The topological polar surface area (TPSA) is 164 Å². The number of nitrogens with one attached hydrogen (secondary N) is 1. The molecule has 0 radical (unpaired) electrons. The van der Waals surface area contributed by atoms with Crippen molar-refractivity contribution < 1.29 is 42.7 Å². The van der Waals surface area contributed by atoms with Crippen molar-refractivity contribution in [2.45, 2.75) is 109 Å². The Morgan fingerprint density at radius 1 is 1.05 bits per heavy atom. The summed E-state index contributed by atoms with van der Waals surface area (Å²) in [7, 11) is -0.484. The zero-order valence-corrected chi connectivity index (χ0v) is 27.8. The molecule has 0 heterocycles. The summed E-state index contributed by atoms with van der Waals surface area (Å²) in [5.41, 5.74) is -0.222. The summed E-state index contributed by atoms with van der Waals surface area (Å²) >= 11 is 0. The van der Waals surface area contributed by atoms with Gasteiger partial charge in [0, 0.05) is 19.4 Å². The molecule has 10 nitrogen and oxygen atoms in total. The summed E-state index contributed by atoms with van der Waals surface area (Å²) in [5, 5.41) is 46.5. The number of nitrogens with zero attached hydrogens (tertiary/aromatic N) is 1. The molecule has 4 aliphatic rings. The minimum Gasteiger partial charge on any atom is -0.393 e. The second-order valence-corrected chi connectivity index (χ2v) is 17.5. The number of hydrogen-bond donors (Lipinski definition) is 6. The van der Waals surface area contributed by atoms with E-state index in [1.165, 1.54) is 0 Å². The molecule has 12 atom stereocenters. The molecule has 4 saturated carbocycles. The molecule has 43 heavy (non-hydrogen) atoms. The van der Waals surface area contributed by atoms with Gasteiger partial charge in [0.25, 0.3) is 10.1 Å². The molecule has 0 aromatic rings. The van der Waals surface area contributed by atoms with E-state index in [4.69, 9.17) is 4.55 Å². The Bertz CT molecular complexity index is 1090. The van der Waals surface area contributed by atoms with E-state index in [-0.39, 0.29) is 59.2 Å². The van der Waals surface area contributed by atoms with Crippen LogP contribution in [0.2, 0.25) is 0 Å². The molecule has 4 rings (SSSR count). The third-order valence-corrected chi connectivity index (χ3v) is 13.5. The van der Waals surface area contributed by atoms with E-state index in [9.17, 15) is 33.6 Å². The van der Waals surface area contributed by atoms with Gasteiger partial charge in [-0.15, -0.1) is 0 Å². The molecule has 0 bridgehead atoms. The van der Waals surface area contributed by atoms with E-state index >= 15 is 0 Å². The lowest BCUT2D eigenvalue weighted by Gasteiger charge is -2.63. The van der Waals surface area contributed by atoms with E-state index in [0.29, 0.717) is 48.7 Å². The fourth-order valence-corrected chi connectivity index (χ4v) is 11.1. The van der Waals surface area contributed by atoms with Crippen LogP contribution >= 0.6 is 0 Å². The van der Waals surface area contributed by atoms with Gasteiger partial charge in [0.15, 0.2) is 0 Å². The number of hydrogen-bond acceptors (Lipinski definition) is 7. The highest BCUT2D eigenvalue weighted by Gasteiger charge is 2.65. The van der Waals surface area contributed by atoms with Gasteiger partial charge in [0.1, 0.15) is 18.4 Å². The first-order valence-corrected chi connectivity index (χ1v) is 18.2. The Morgan fingerprint density at radius 2 is 1.74 bits per heavy atom. The summed E-state index contributed by atoms with van der Waals surface area (Å²) in [6, 6.07) is 0. The zero-order valence-electron chi connectivity index (χ0n) is 27.0. The molecular formula is C32H59N2O8S+. The van der Waals surface area contributed by atoms with Gasteiger partial charge in [0.05, 0.1) is 39.0 Å². The van der Waals surface area contributed by atoms with Crippen molar-refractivity contribution >= 4 is 16.0 Å². The molecule has 0 aliphatic heterocycles. The van der Waals surface area contributed by atoms with Crippen LogP contribution in [0.15, 0.2) is 0 Å². The number of carbonyl (C=O) groups is 1. The van der Waals surface area contributed by atoms with Crippen LogP contribution in [0.3, 0.4) is 0 Å². The molecule has 0 spiro atoms. The first kappa shape index (κ1) is 35.0. The summed E-state index contributed by atoms with van der Waals surface area (Å²) in [5.74, 6) is 0.890. The number of aliphatic hydroxyl groups is 4. The number of amides is 1. The SMILES string of the molecule is C[C@H](CCC(=O)NCCC[N+](C)(C)C[C@@H](O)CS(=O)(=O)O)[C@H]1CC[C@H]2[C@@H]3[C@H](O)C[C@@H]4C[C@H](O)CC[C@]4(C)[C@H]3C[C@H](O)[C@]12C. The van der Waals surface area contributed by atoms with Crippen LogP contribution in [0.5, 0.6) is 0 Å². The Labute approximate surface area is 259 Å². The van der Waals surface area contributed by atoms with Crippen LogP contribution in [-0.4, -0.2) is 108 Å². The average Bonchev–Trinajstić information content (AvgIpc) is 3.24. The third-order valence-electron chi connectivity index (χ3n) is 12.7. The summed E-state index contributed by atoms with van der Waals surface area (Å²) in [6.45, 7) is 8.10. The largest absolute Gasteiger partial charge is 0.393 e. The van der Waals surface area contributed by atoms with Gasteiger partial charge in [-0.05, 0) is 97.7 Å².